The third-order valence-electron chi connectivity index (χ3n) is 3.69. The van der Waals surface area contributed by atoms with E-state index in [0.29, 0.717) is 0 Å². The van der Waals surface area contributed by atoms with Crippen molar-refractivity contribution in [2.24, 2.45) is 0 Å². The molecule has 0 saturated heterocycles. The van der Waals surface area contributed by atoms with Gasteiger partial charge in [0.1, 0.15) is 5.01 Å². The molecule has 2 rings (SSSR count). The predicted molar refractivity (Wildman–Crippen MR) is 92.9 cm³/mol. The van der Waals surface area contributed by atoms with Crippen LogP contribution in [0.3, 0.4) is 0 Å². The minimum absolute atomic E-state index is 0.0221. The maximum Gasteiger partial charge on any atom is 0.316 e. The molecule has 8 heteroatoms. The van der Waals surface area contributed by atoms with Crippen LogP contribution in [0.25, 0.3) is 0 Å². The number of hydrogen-bond acceptors (Lipinski definition) is 5. The number of urea groups is 1. The number of thiazole rings is 1. The number of rotatable bonds is 6. The zero-order valence-electron chi connectivity index (χ0n) is 13.8. The summed E-state index contributed by atoms with van der Waals surface area (Å²) in [5, 5.41) is 19.3. The van der Waals surface area contributed by atoms with E-state index in [4.69, 9.17) is 0 Å². The lowest BCUT2D eigenvalue weighted by Crippen LogP contribution is -2.47. The summed E-state index contributed by atoms with van der Waals surface area (Å²) in [5.74, 6) is 0. The molecule has 0 radical (unpaired) electrons. The molecule has 7 nitrogen and oxygen atoms in total. The minimum atomic E-state index is -0.666. The van der Waals surface area contributed by atoms with Gasteiger partial charge in [0.05, 0.1) is 16.5 Å². The fourth-order valence-electron chi connectivity index (χ4n) is 2.30. The van der Waals surface area contributed by atoms with Gasteiger partial charge in [-0.3, -0.25) is 10.1 Å². The molecule has 1 atom stereocenters. The number of carbonyl (C=O) groups excluding carboxylic acids is 1. The average Bonchev–Trinajstić information content (AvgIpc) is 3.06. The van der Waals surface area contributed by atoms with E-state index in [1.165, 1.54) is 23.5 Å². The van der Waals surface area contributed by atoms with Crippen LogP contribution < -0.4 is 10.6 Å². The van der Waals surface area contributed by atoms with Gasteiger partial charge in [-0.15, -0.1) is 11.3 Å². The first-order valence-electron chi connectivity index (χ1n) is 7.56. The van der Waals surface area contributed by atoms with Crippen LogP contribution in [0.5, 0.6) is 0 Å². The molecule has 2 amide bonds. The van der Waals surface area contributed by atoms with Crippen molar-refractivity contribution < 1.29 is 9.72 Å². The van der Waals surface area contributed by atoms with Crippen molar-refractivity contribution in [2.75, 3.05) is 0 Å². The Hall–Kier alpha value is -2.48. The van der Waals surface area contributed by atoms with Crippen molar-refractivity contribution in [1.82, 2.24) is 15.6 Å². The minimum Gasteiger partial charge on any atom is -0.329 e. The van der Waals surface area contributed by atoms with Crippen molar-refractivity contribution in [3.05, 3.63) is 56.5 Å². The lowest BCUT2D eigenvalue weighted by atomic mass is 9.94. The lowest BCUT2D eigenvalue weighted by molar-refractivity contribution is -0.384. The zero-order chi connectivity index (χ0) is 17.7. The molecule has 1 aromatic heterocycles. The molecule has 1 heterocycles. The molecule has 0 saturated carbocycles. The summed E-state index contributed by atoms with van der Waals surface area (Å²) in [4.78, 5) is 26.8. The van der Waals surface area contributed by atoms with Gasteiger partial charge in [-0.25, -0.2) is 9.78 Å². The van der Waals surface area contributed by atoms with Gasteiger partial charge < -0.3 is 10.6 Å². The Morgan fingerprint density at radius 3 is 2.54 bits per heavy atom. The van der Waals surface area contributed by atoms with Gasteiger partial charge >= 0.3 is 6.03 Å². The van der Waals surface area contributed by atoms with E-state index in [0.717, 1.165) is 17.0 Å². The highest BCUT2D eigenvalue weighted by Gasteiger charge is 2.25. The summed E-state index contributed by atoms with van der Waals surface area (Å²) in [6, 6.07) is 5.72. The van der Waals surface area contributed by atoms with Gasteiger partial charge in [-0.1, -0.05) is 6.92 Å². The molecule has 1 aromatic carbocycles. The van der Waals surface area contributed by atoms with E-state index in [-0.39, 0.29) is 17.8 Å². The number of nitrogens with one attached hydrogen (secondary N) is 2. The lowest BCUT2D eigenvalue weighted by Gasteiger charge is -2.28. The molecule has 0 unspecified atom stereocenters. The Bertz CT molecular complexity index is 699. The largest absolute Gasteiger partial charge is 0.329 e. The van der Waals surface area contributed by atoms with Crippen molar-refractivity contribution in [2.45, 2.75) is 38.8 Å². The predicted octanol–water partition coefficient (Wildman–Crippen LogP) is 3.74. The first-order chi connectivity index (χ1) is 11.3. The molecule has 128 valence electrons. The molecule has 0 aliphatic rings. The molecule has 0 fully saturated rings. The van der Waals surface area contributed by atoms with Crippen LogP contribution in [-0.4, -0.2) is 15.9 Å². The summed E-state index contributed by atoms with van der Waals surface area (Å²) in [5.41, 5.74) is 0.139. The molecule has 0 bridgehead atoms. The van der Waals surface area contributed by atoms with Gasteiger partial charge in [-0.2, -0.15) is 0 Å². The quantitative estimate of drug-likeness (QED) is 0.614. The zero-order valence-corrected chi connectivity index (χ0v) is 14.6. The molecule has 24 heavy (non-hydrogen) atoms. The maximum absolute atomic E-state index is 12.3. The second-order valence-corrected chi connectivity index (χ2v) is 6.78. The van der Waals surface area contributed by atoms with Crippen LogP contribution in [0.15, 0.2) is 35.8 Å². The number of hydrogen-bond donors (Lipinski definition) is 2. The summed E-state index contributed by atoms with van der Waals surface area (Å²) in [6.45, 7) is 5.67. The summed E-state index contributed by atoms with van der Waals surface area (Å²) < 4.78 is 0. The van der Waals surface area contributed by atoms with Gasteiger partial charge in [0.15, 0.2) is 0 Å². The number of non-ortho nitro benzene ring substituents is 1. The highest BCUT2D eigenvalue weighted by molar-refractivity contribution is 7.09. The van der Waals surface area contributed by atoms with Gasteiger partial charge in [0.25, 0.3) is 5.69 Å². The second-order valence-electron chi connectivity index (χ2n) is 5.86. The van der Waals surface area contributed by atoms with Crippen LogP contribution in [0.2, 0.25) is 0 Å². The molecular formula is C16H20N4O3S. The maximum atomic E-state index is 12.3. The SMILES string of the molecule is CC[C@@H](NC(=O)NC(C)(C)c1ccc([N+](=O)[O-])cc1)c1nccs1. The second kappa shape index (κ2) is 7.39. The standard InChI is InChI=1S/C16H20N4O3S/c1-4-13(14-17-9-10-24-14)18-15(21)19-16(2,3)11-5-7-12(8-6-11)20(22)23/h5-10,13H,4H2,1-3H3,(H2,18,19,21)/t13-/m1/s1. The summed E-state index contributed by atoms with van der Waals surface area (Å²) in [7, 11) is 0. The molecule has 2 N–H and O–H groups in total. The molecule has 2 aromatic rings. The summed E-state index contributed by atoms with van der Waals surface area (Å²) in [6.07, 6.45) is 2.45. The van der Waals surface area contributed by atoms with E-state index < -0.39 is 10.5 Å². The number of nitrogens with zero attached hydrogens (tertiary/aromatic N) is 2. The van der Waals surface area contributed by atoms with Crippen LogP contribution in [0.1, 0.15) is 43.8 Å². The monoisotopic (exact) mass is 348 g/mol. The van der Waals surface area contributed by atoms with E-state index in [2.05, 4.69) is 15.6 Å². The topological polar surface area (TPSA) is 97.2 Å². The number of carbonyl (C=O) groups is 1. The Kier molecular flexibility index (Phi) is 5.50. The van der Waals surface area contributed by atoms with Crippen LogP contribution in [-0.2, 0) is 5.54 Å². The fraction of sp³-hybridized carbons (Fsp3) is 0.375. The normalized spacial score (nSPS) is 12.5. The first-order valence-corrected chi connectivity index (χ1v) is 8.44. The van der Waals surface area contributed by atoms with Crippen molar-refractivity contribution in [3.8, 4) is 0 Å². The van der Waals surface area contributed by atoms with Crippen LogP contribution >= 0.6 is 11.3 Å². The number of aromatic nitrogens is 1. The highest BCUT2D eigenvalue weighted by Crippen LogP contribution is 2.23. The number of nitro benzene ring substituents is 1. The Balaban J connectivity index is 2.04. The molecule has 0 aliphatic carbocycles. The van der Waals surface area contributed by atoms with E-state index >= 15 is 0 Å². The van der Waals surface area contributed by atoms with Crippen molar-refractivity contribution in [1.29, 1.82) is 0 Å². The fourth-order valence-corrected chi connectivity index (χ4v) is 3.07. The highest BCUT2D eigenvalue weighted by atomic mass is 32.1. The van der Waals surface area contributed by atoms with E-state index in [1.54, 1.807) is 18.3 Å². The van der Waals surface area contributed by atoms with Gasteiger partial charge in [0.2, 0.25) is 0 Å². The van der Waals surface area contributed by atoms with E-state index in [1.807, 2.05) is 26.2 Å². The Morgan fingerprint density at radius 2 is 2.04 bits per heavy atom. The summed E-state index contributed by atoms with van der Waals surface area (Å²) >= 11 is 1.50. The smallest absolute Gasteiger partial charge is 0.316 e. The third-order valence-corrected chi connectivity index (χ3v) is 4.58. The number of benzene rings is 1. The number of amides is 2. The molecule has 0 spiro atoms. The Morgan fingerprint density at radius 1 is 1.38 bits per heavy atom. The average molecular weight is 348 g/mol. The van der Waals surface area contributed by atoms with E-state index in [9.17, 15) is 14.9 Å². The molecular weight excluding hydrogens is 328 g/mol. The van der Waals surface area contributed by atoms with Crippen molar-refractivity contribution >= 4 is 23.1 Å². The first kappa shape index (κ1) is 17.9. The van der Waals surface area contributed by atoms with Gasteiger partial charge in [0, 0.05) is 23.7 Å². The third kappa shape index (κ3) is 4.29. The molecule has 0 aliphatic heterocycles. The van der Waals surface area contributed by atoms with Crippen LogP contribution in [0.4, 0.5) is 10.5 Å². The number of nitro groups is 1. The van der Waals surface area contributed by atoms with Crippen molar-refractivity contribution in [3.63, 3.8) is 0 Å². The Labute approximate surface area is 144 Å². The van der Waals surface area contributed by atoms with Crippen LogP contribution in [0, 0.1) is 10.1 Å². The van der Waals surface area contributed by atoms with Gasteiger partial charge in [-0.05, 0) is 38.0 Å².